The summed E-state index contributed by atoms with van der Waals surface area (Å²) in [5.41, 5.74) is -1.14. The first-order chi connectivity index (χ1) is 8.95. The van der Waals surface area contributed by atoms with Gasteiger partial charge in [-0.3, -0.25) is 0 Å². The van der Waals surface area contributed by atoms with Gasteiger partial charge in [0.1, 0.15) is 5.54 Å². The van der Waals surface area contributed by atoms with E-state index in [1.54, 1.807) is 18.9 Å². The molecule has 1 saturated heterocycles. The number of carbonyl (C=O) groups excluding carboxylic acids is 1. The summed E-state index contributed by atoms with van der Waals surface area (Å²) in [5, 5.41) is 12.0. The summed E-state index contributed by atoms with van der Waals surface area (Å²) in [6.07, 6.45) is 3.34. The van der Waals surface area contributed by atoms with Gasteiger partial charge in [-0.15, -0.1) is 0 Å². The predicted molar refractivity (Wildman–Crippen MR) is 68.9 cm³/mol. The van der Waals surface area contributed by atoms with Gasteiger partial charge in [-0.1, -0.05) is 0 Å². The highest BCUT2D eigenvalue weighted by Gasteiger charge is 2.49. The molecule has 0 spiro atoms. The van der Waals surface area contributed by atoms with Gasteiger partial charge in [0.15, 0.2) is 0 Å². The van der Waals surface area contributed by atoms with Crippen molar-refractivity contribution < 1.29 is 19.4 Å². The predicted octanol–water partition coefficient (Wildman–Crippen LogP) is 1.06. The molecule has 1 unspecified atom stereocenters. The van der Waals surface area contributed by atoms with Crippen LogP contribution < -0.4 is 5.32 Å². The van der Waals surface area contributed by atoms with Crippen molar-refractivity contribution in [3.8, 4) is 0 Å². The second-order valence-electron chi connectivity index (χ2n) is 5.67. The molecule has 108 valence electrons. The number of carboxylic acids is 1. The van der Waals surface area contributed by atoms with Crippen LogP contribution in [0.5, 0.6) is 0 Å². The highest BCUT2D eigenvalue weighted by Crippen LogP contribution is 2.39. The Kier molecular flexibility index (Phi) is 3.99. The number of carbonyl (C=O) groups is 2. The number of aliphatic carboxylic acids is 1. The molecule has 2 amide bonds. The summed E-state index contributed by atoms with van der Waals surface area (Å²) in [5.74, 6) is -0.902. The van der Waals surface area contributed by atoms with Crippen molar-refractivity contribution >= 4 is 12.0 Å². The highest BCUT2D eigenvalue weighted by molar-refractivity contribution is 5.86. The Morgan fingerprint density at radius 2 is 1.84 bits per heavy atom. The van der Waals surface area contributed by atoms with Crippen molar-refractivity contribution in [1.29, 1.82) is 0 Å². The summed E-state index contributed by atoms with van der Waals surface area (Å²) in [6.45, 7) is 2.91. The maximum absolute atomic E-state index is 12.2. The van der Waals surface area contributed by atoms with E-state index in [2.05, 4.69) is 5.32 Å². The Morgan fingerprint density at radius 3 is 2.32 bits per heavy atom. The summed E-state index contributed by atoms with van der Waals surface area (Å²) in [4.78, 5) is 25.2. The zero-order valence-corrected chi connectivity index (χ0v) is 11.5. The molecule has 0 aromatic carbocycles. The topological polar surface area (TPSA) is 78.9 Å². The molecular formula is C13H22N2O4. The molecular weight excluding hydrogens is 248 g/mol. The number of amides is 2. The SMILES string of the molecule is CN(C(=O)NC(C)(C(=O)O)C1CC1)C1CCOCC1. The van der Waals surface area contributed by atoms with Crippen LogP contribution in [-0.4, -0.2) is 53.8 Å². The number of hydrogen-bond acceptors (Lipinski definition) is 3. The van der Waals surface area contributed by atoms with Crippen LogP contribution in [0.25, 0.3) is 0 Å². The van der Waals surface area contributed by atoms with Crippen LogP contribution >= 0.6 is 0 Å². The fraction of sp³-hybridized carbons (Fsp3) is 0.846. The minimum Gasteiger partial charge on any atom is -0.480 e. The first kappa shape index (κ1) is 14.1. The Labute approximate surface area is 113 Å². The van der Waals surface area contributed by atoms with Gasteiger partial charge < -0.3 is 20.1 Å². The third-order valence-electron chi connectivity index (χ3n) is 4.26. The zero-order chi connectivity index (χ0) is 14.0. The lowest BCUT2D eigenvalue weighted by atomic mass is 9.96. The fourth-order valence-electron chi connectivity index (χ4n) is 2.54. The van der Waals surface area contributed by atoms with Crippen molar-refractivity contribution in [3.05, 3.63) is 0 Å². The highest BCUT2D eigenvalue weighted by atomic mass is 16.5. The lowest BCUT2D eigenvalue weighted by Crippen LogP contribution is -2.58. The molecule has 19 heavy (non-hydrogen) atoms. The average Bonchev–Trinajstić information content (AvgIpc) is 3.23. The van der Waals surface area contributed by atoms with E-state index in [-0.39, 0.29) is 18.0 Å². The maximum Gasteiger partial charge on any atom is 0.329 e. The minimum absolute atomic E-state index is 0.0528. The van der Waals surface area contributed by atoms with Gasteiger partial charge in [0.05, 0.1) is 0 Å². The summed E-state index contributed by atoms with van der Waals surface area (Å²) >= 11 is 0. The Morgan fingerprint density at radius 1 is 1.26 bits per heavy atom. The average molecular weight is 270 g/mol. The molecule has 1 heterocycles. The molecule has 6 nitrogen and oxygen atoms in total. The van der Waals surface area contributed by atoms with Crippen LogP contribution in [0.2, 0.25) is 0 Å². The normalized spacial score (nSPS) is 23.5. The number of carboxylic acid groups (broad SMARTS) is 1. The van der Waals surface area contributed by atoms with Crippen molar-refractivity contribution in [2.45, 2.75) is 44.2 Å². The third-order valence-corrected chi connectivity index (χ3v) is 4.26. The van der Waals surface area contributed by atoms with Gasteiger partial charge in [-0.25, -0.2) is 9.59 Å². The van der Waals surface area contributed by atoms with Crippen molar-refractivity contribution in [1.82, 2.24) is 10.2 Å². The van der Waals surface area contributed by atoms with E-state index in [1.807, 2.05) is 0 Å². The van der Waals surface area contributed by atoms with Gasteiger partial charge in [-0.2, -0.15) is 0 Å². The molecule has 0 aromatic heterocycles. The number of hydrogen-bond donors (Lipinski definition) is 2. The summed E-state index contributed by atoms with van der Waals surface area (Å²) in [6, 6.07) is -0.172. The molecule has 6 heteroatoms. The molecule has 2 N–H and O–H groups in total. The van der Waals surface area contributed by atoms with Crippen molar-refractivity contribution in [2.24, 2.45) is 5.92 Å². The number of urea groups is 1. The quantitative estimate of drug-likeness (QED) is 0.800. The Hall–Kier alpha value is -1.30. The molecule has 0 bridgehead atoms. The van der Waals surface area contributed by atoms with Crippen LogP contribution in [0.3, 0.4) is 0 Å². The molecule has 2 fully saturated rings. The second kappa shape index (κ2) is 5.36. The molecule has 0 radical (unpaired) electrons. The first-order valence-corrected chi connectivity index (χ1v) is 6.81. The standard InChI is InChI=1S/C13H22N2O4/c1-13(11(16)17,9-3-4-9)14-12(18)15(2)10-5-7-19-8-6-10/h9-10H,3-8H2,1-2H3,(H,14,18)(H,16,17). The summed E-state index contributed by atoms with van der Waals surface area (Å²) in [7, 11) is 1.72. The van der Waals surface area contributed by atoms with Gasteiger partial charge >= 0.3 is 12.0 Å². The molecule has 1 aliphatic heterocycles. The van der Waals surface area contributed by atoms with Gasteiger partial charge in [0.25, 0.3) is 0 Å². The van der Waals surface area contributed by atoms with E-state index in [1.165, 1.54) is 0 Å². The van der Waals surface area contributed by atoms with Crippen LogP contribution in [0.1, 0.15) is 32.6 Å². The van der Waals surface area contributed by atoms with Crippen LogP contribution in [0.15, 0.2) is 0 Å². The van der Waals surface area contributed by atoms with E-state index < -0.39 is 11.5 Å². The first-order valence-electron chi connectivity index (χ1n) is 6.81. The summed E-state index contributed by atoms with van der Waals surface area (Å²) < 4.78 is 5.26. The van der Waals surface area contributed by atoms with Crippen molar-refractivity contribution in [3.63, 3.8) is 0 Å². The van der Waals surface area contributed by atoms with Crippen LogP contribution in [0.4, 0.5) is 4.79 Å². The van der Waals surface area contributed by atoms with Gasteiger partial charge in [-0.05, 0) is 38.5 Å². The van der Waals surface area contributed by atoms with Gasteiger partial charge in [0, 0.05) is 26.3 Å². The number of nitrogens with zero attached hydrogens (tertiary/aromatic N) is 1. The molecule has 1 aliphatic carbocycles. The van der Waals surface area contributed by atoms with Gasteiger partial charge in [0.2, 0.25) is 0 Å². The van der Waals surface area contributed by atoms with E-state index in [4.69, 9.17) is 4.74 Å². The lowest BCUT2D eigenvalue weighted by Gasteiger charge is -2.34. The largest absolute Gasteiger partial charge is 0.480 e. The molecule has 1 atom stereocenters. The Bertz CT molecular complexity index is 364. The number of rotatable bonds is 4. The fourth-order valence-corrected chi connectivity index (χ4v) is 2.54. The molecule has 2 rings (SSSR count). The second-order valence-corrected chi connectivity index (χ2v) is 5.67. The lowest BCUT2D eigenvalue weighted by molar-refractivity contribution is -0.144. The number of ether oxygens (including phenoxy) is 1. The molecule has 2 aliphatic rings. The maximum atomic E-state index is 12.2. The molecule has 0 aromatic rings. The third kappa shape index (κ3) is 3.00. The van der Waals surface area contributed by atoms with Crippen LogP contribution in [0, 0.1) is 5.92 Å². The van der Waals surface area contributed by atoms with E-state index >= 15 is 0 Å². The van der Waals surface area contributed by atoms with E-state index in [0.29, 0.717) is 13.2 Å². The van der Waals surface area contributed by atoms with E-state index in [0.717, 1.165) is 25.7 Å². The van der Waals surface area contributed by atoms with Crippen molar-refractivity contribution in [2.75, 3.05) is 20.3 Å². The number of nitrogens with one attached hydrogen (secondary N) is 1. The van der Waals surface area contributed by atoms with E-state index in [9.17, 15) is 14.7 Å². The zero-order valence-electron chi connectivity index (χ0n) is 11.5. The molecule has 1 saturated carbocycles. The smallest absolute Gasteiger partial charge is 0.329 e. The monoisotopic (exact) mass is 270 g/mol. The minimum atomic E-state index is -1.14. The van der Waals surface area contributed by atoms with Crippen LogP contribution in [-0.2, 0) is 9.53 Å². The Balaban J connectivity index is 1.96.